The van der Waals surface area contributed by atoms with Gasteiger partial charge in [-0.1, -0.05) is 30.3 Å². The molecule has 28 heavy (non-hydrogen) atoms. The molecule has 3 rings (SSSR count). The van der Waals surface area contributed by atoms with Crippen LogP contribution < -0.4 is 5.32 Å². The molecule has 156 valence electrons. The lowest BCUT2D eigenvalue weighted by atomic mass is 10.0. The fourth-order valence-electron chi connectivity index (χ4n) is 4.05. The fraction of sp³-hybridized carbons (Fsp3) is 0.650. The van der Waals surface area contributed by atoms with E-state index in [0.29, 0.717) is 19.6 Å². The summed E-state index contributed by atoms with van der Waals surface area (Å²) in [6, 6.07) is 9.14. The molecule has 2 aliphatic heterocycles. The average molecular weight is 410 g/mol. The minimum absolute atomic E-state index is 0.0696. The van der Waals surface area contributed by atoms with E-state index < -0.39 is 15.9 Å². The molecule has 2 aliphatic rings. The summed E-state index contributed by atoms with van der Waals surface area (Å²) in [5, 5.41) is 3.06. The van der Waals surface area contributed by atoms with Crippen molar-refractivity contribution < 1.29 is 17.9 Å². The maximum absolute atomic E-state index is 13.0. The number of nitrogens with one attached hydrogen (secondary N) is 1. The molecule has 1 aromatic carbocycles. The Kier molecular flexibility index (Phi) is 7.09. The van der Waals surface area contributed by atoms with Gasteiger partial charge in [0, 0.05) is 39.3 Å². The Morgan fingerprint density at radius 1 is 1.14 bits per heavy atom. The molecule has 1 aromatic rings. The lowest BCUT2D eigenvalue weighted by molar-refractivity contribution is -0.126. The maximum atomic E-state index is 13.0. The Morgan fingerprint density at radius 2 is 1.75 bits per heavy atom. The fourth-order valence-corrected chi connectivity index (χ4v) is 5.28. The van der Waals surface area contributed by atoms with E-state index in [0.717, 1.165) is 25.2 Å². The predicted molar refractivity (Wildman–Crippen MR) is 109 cm³/mol. The number of benzene rings is 1. The molecule has 1 amide bonds. The number of amides is 1. The van der Waals surface area contributed by atoms with Gasteiger partial charge in [0.2, 0.25) is 5.91 Å². The molecule has 3 atom stereocenters. The summed E-state index contributed by atoms with van der Waals surface area (Å²) in [6.45, 7) is 7.97. The molecular weight excluding hydrogens is 378 g/mol. The van der Waals surface area contributed by atoms with Gasteiger partial charge in [0.05, 0.1) is 23.7 Å². The third kappa shape index (κ3) is 5.76. The van der Waals surface area contributed by atoms with Crippen molar-refractivity contribution >= 4 is 15.7 Å². The highest BCUT2D eigenvalue weighted by Gasteiger charge is 2.32. The van der Waals surface area contributed by atoms with E-state index in [1.165, 1.54) is 0 Å². The van der Waals surface area contributed by atoms with Gasteiger partial charge in [-0.25, -0.2) is 8.42 Å². The van der Waals surface area contributed by atoms with Gasteiger partial charge in [-0.3, -0.25) is 14.6 Å². The van der Waals surface area contributed by atoms with Crippen LogP contribution in [0.4, 0.5) is 0 Å². The largest absolute Gasteiger partial charge is 0.373 e. The SMILES string of the molecule is CC1CN(CCNC(=O)C(c2ccccc2)N2CCS(=O)(=O)CC2)CC(C)O1. The van der Waals surface area contributed by atoms with Gasteiger partial charge >= 0.3 is 0 Å². The first-order valence-electron chi connectivity index (χ1n) is 9.99. The van der Waals surface area contributed by atoms with E-state index in [1.54, 1.807) is 0 Å². The standard InChI is InChI=1S/C20H31N3O4S/c1-16-14-22(15-17(2)27-16)9-8-21-20(24)19(18-6-4-3-5-7-18)23-10-12-28(25,26)13-11-23/h3-7,16-17,19H,8-15H2,1-2H3,(H,21,24). The second-order valence-corrected chi connectivity index (χ2v) is 10.1. The number of carbonyl (C=O) groups is 1. The molecular formula is C20H31N3O4S. The second kappa shape index (κ2) is 9.35. The van der Waals surface area contributed by atoms with Gasteiger partial charge in [-0.2, -0.15) is 0 Å². The number of morpholine rings is 1. The molecule has 8 heteroatoms. The van der Waals surface area contributed by atoms with E-state index in [4.69, 9.17) is 4.74 Å². The van der Waals surface area contributed by atoms with E-state index in [2.05, 4.69) is 24.1 Å². The van der Waals surface area contributed by atoms with Crippen molar-refractivity contribution in [3.05, 3.63) is 35.9 Å². The van der Waals surface area contributed by atoms with Crippen molar-refractivity contribution in [2.75, 3.05) is 50.8 Å². The number of rotatable bonds is 6. The van der Waals surface area contributed by atoms with Crippen LogP contribution in [0.3, 0.4) is 0 Å². The summed E-state index contributed by atoms with van der Waals surface area (Å²) in [6.07, 6.45) is 0.402. The molecule has 7 nitrogen and oxygen atoms in total. The normalized spacial score (nSPS) is 27.2. The monoisotopic (exact) mass is 409 g/mol. The Labute approximate surface area is 167 Å². The van der Waals surface area contributed by atoms with Crippen LogP contribution in [0.2, 0.25) is 0 Å². The van der Waals surface area contributed by atoms with Crippen molar-refractivity contribution in [2.24, 2.45) is 0 Å². The quantitative estimate of drug-likeness (QED) is 0.745. The lowest BCUT2D eigenvalue weighted by Gasteiger charge is -2.36. The molecule has 3 unspecified atom stereocenters. The van der Waals surface area contributed by atoms with Crippen LogP contribution in [0, 0.1) is 0 Å². The zero-order valence-corrected chi connectivity index (χ0v) is 17.5. The molecule has 2 saturated heterocycles. The second-order valence-electron chi connectivity index (χ2n) is 7.81. The van der Waals surface area contributed by atoms with Crippen molar-refractivity contribution in [2.45, 2.75) is 32.1 Å². The van der Waals surface area contributed by atoms with Crippen LogP contribution in [-0.2, 0) is 19.4 Å². The van der Waals surface area contributed by atoms with Gasteiger partial charge in [-0.15, -0.1) is 0 Å². The number of carbonyl (C=O) groups excluding carboxylic acids is 1. The van der Waals surface area contributed by atoms with Crippen LogP contribution in [0.15, 0.2) is 30.3 Å². The van der Waals surface area contributed by atoms with Gasteiger partial charge in [0.25, 0.3) is 0 Å². The molecule has 2 fully saturated rings. The van der Waals surface area contributed by atoms with Crippen molar-refractivity contribution in [1.29, 1.82) is 0 Å². The maximum Gasteiger partial charge on any atom is 0.242 e. The van der Waals surface area contributed by atoms with Crippen LogP contribution in [0.5, 0.6) is 0 Å². The topological polar surface area (TPSA) is 79.0 Å². The third-order valence-electron chi connectivity index (χ3n) is 5.33. The van der Waals surface area contributed by atoms with E-state index in [9.17, 15) is 13.2 Å². The smallest absolute Gasteiger partial charge is 0.242 e. The lowest BCUT2D eigenvalue weighted by Crippen LogP contribution is -2.50. The predicted octanol–water partition coefficient (Wildman–Crippen LogP) is 0.684. The zero-order chi connectivity index (χ0) is 20.1. The molecule has 2 heterocycles. The first-order valence-corrected chi connectivity index (χ1v) is 11.8. The molecule has 0 aliphatic carbocycles. The highest BCUT2D eigenvalue weighted by Crippen LogP contribution is 2.23. The minimum atomic E-state index is -2.99. The van der Waals surface area contributed by atoms with Crippen molar-refractivity contribution in [1.82, 2.24) is 15.1 Å². The molecule has 0 radical (unpaired) electrons. The summed E-state index contributed by atoms with van der Waals surface area (Å²) in [5.41, 5.74) is 0.896. The minimum Gasteiger partial charge on any atom is -0.373 e. The Hall–Kier alpha value is -1.48. The number of hydrogen-bond donors (Lipinski definition) is 1. The van der Waals surface area contributed by atoms with Gasteiger partial charge in [0.1, 0.15) is 6.04 Å². The van der Waals surface area contributed by atoms with Crippen LogP contribution in [0.25, 0.3) is 0 Å². The Balaban J connectivity index is 1.61. The molecule has 0 saturated carbocycles. The third-order valence-corrected chi connectivity index (χ3v) is 6.94. The van der Waals surface area contributed by atoms with Crippen LogP contribution >= 0.6 is 0 Å². The summed E-state index contributed by atoms with van der Waals surface area (Å²) in [7, 11) is -2.99. The highest BCUT2D eigenvalue weighted by atomic mass is 32.2. The van der Waals surface area contributed by atoms with E-state index in [1.807, 2.05) is 35.2 Å². The zero-order valence-electron chi connectivity index (χ0n) is 16.7. The number of hydrogen-bond acceptors (Lipinski definition) is 6. The summed E-state index contributed by atoms with van der Waals surface area (Å²) < 4.78 is 29.3. The van der Waals surface area contributed by atoms with Gasteiger partial charge < -0.3 is 10.1 Å². The molecule has 0 aromatic heterocycles. The molecule has 0 bridgehead atoms. The average Bonchev–Trinajstić information content (AvgIpc) is 2.63. The van der Waals surface area contributed by atoms with E-state index in [-0.39, 0.29) is 29.6 Å². The number of nitrogens with zero attached hydrogens (tertiary/aromatic N) is 2. The summed E-state index contributed by atoms with van der Waals surface area (Å²) >= 11 is 0. The molecule has 0 spiro atoms. The molecule has 1 N–H and O–H groups in total. The van der Waals surface area contributed by atoms with E-state index >= 15 is 0 Å². The Morgan fingerprint density at radius 3 is 2.36 bits per heavy atom. The number of ether oxygens (including phenoxy) is 1. The van der Waals surface area contributed by atoms with Crippen LogP contribution in [0.1, 0.15) is 25.5 Å². The summed E-state index contributed by atoms with van der Waals surface area (Å²) in [5.74, 6) is 0.139. The Bertz CT molecular complexity index is 732. The van der Waals surface area contributed by atoms with Crippen molar-refractivity contribution in [3.63, 3.8) is 0 Å². The van der Waals surface area contributed by atoms with Gasteiger partial charge in [0.15, 0.2) is 9.84 Å². The summed E-state index contributed by atoms with van der Waals surface area (Å²) in [4.78, 5) is 17.3. The van der Waals surface area contributed by atoms with Crippen LogP contribution in [-0.4, -0.2) is 87.1 Å². The number of sulfone groups is 1. The highest BCUT2D eigenvalue weighted by molar-refractivity contribution is 7.91. The first-order chi connectivity index (χ1) is 13.3. The first kappa shape index (κ1) is 21.2. The van der Waals surface area contributed by atoms with Gasteiger partial charge in [-0.05, 0) is 19.4 Å². The van der Waals surface area contributed by atoms with Crippen molar-refractivity contribution in [3.8, 4) is 0 Å².